The highest BCUT2D eigenvalue weighted by molar-refractivity contribution is 9.09. The van der Waals surface area contributed by atoms with Gasteiger partial charge in [-0.1, -0.05) is 15.9 Å². The molecule has 0 amide bonds. The Balaban J connectivity index is 3.30. The van der Waals surface area contributed by atoms with Gasteiger partial charge in [-0.05, 0) is 24.6 Å². The van der Waals surface area contributed by atoms with E-state index in [0.29, 0.717) is 5.75 Å². The van der Waals surface area contributed by atoms with Crippen LogP contribution in [0.5, 0.6) is 11.5 Å². The predicted octanol–water partition coefficient (Wildman–Crippen LogP) is 2.97. The third kappa shape index (κ3) is 2.42. The number of halogens is 1. The van der Waals surface area contributed by atoms with E-state index in [1.807, 2.05) is 19.1 Å². The Hall–Kier alpha value is -1.21. The fraction of sp³-hybridized carbons (Fsp3) is 0.364. The highest BCUT2D eigenvalue weighted by atomic mass is 79.9. The quantitative estimate of drug-likeness (QED) is 0.793. The largest absolute Gasteiger partial charge is 0.496 e. The molecule has 0 aliphatic heterocycles. The van der Waals surface area contributed by atoms with E-state index in [-0.39, 0.29) is 4.83 Å². The van der Waals surface area contributed by atoms with Gasteiger partial charge in [-0.15, -0.1) is 0 Å². The standard InChI is InChI=1S/C11H12BrNO2/c1-7-4-11(15-3)8(9(12)6-13)5-10(7)14-2/h4-5,9H,1-3H3. The summed E-state index contributed by atoms with van der Waals surface area (Å²) in [6.45, 7) is 1.93. The summed E-state index contributed by atoms with van der Waals surface area (Å²) < 4.78 is 10.4. The molecule has 80 valence electrons. The van der Waals surface area contributed by atoms with Gasteiger partial charge in [0, 0.05) is 5.56 Å². The van der Waals surface area contributed by atoms with Crippen molar-refractivity contribution in [2.75, 3.05) is 14.2 Å². The van der Waals surface area contributed by atoms with Gasteiger partial charge in [0.1, 0.15) is 16.3 Å². The van der Waals surface area contributed by atoms with Gasteiger partial charge in [0.25, 0.3) is 0 Å². The first-order chi connectivity index (χ1) is 7.13. The second-order valence-corrected chi connectivity index (χ2v) is 3.97. The predicted molar refractivity (Wildman–Crippen MR) is 61.6 cm³/mol. The van der Waals surface area contributed by atoms with Crippen LogP contribution in [0.4, 0.5) is 0 Å². The second-order valence-electron chi connectivity index (χ2n) is 3.06. The summed E-state index contributed by atoms with van der Waals surface area (Å²) in [7, 11) is 3.19. The van der Waals surface area contributed by atoms with Crippen LogP contribution < -0.4 is 9.47 Å². The molecule has 0 spiro atoms. The zero-order valence-electron chi connectivity index (χ0n) is 8.87. The zero-order chi connectivity index (χ0) is 11.4. The van der Waals surface area contributed by atoms with Crippen LogP contribution in [0.3, 0.4) is 0 Å². The highest BCUT2D eigenvalue weighted by Gasteiger charge is 2.15. The molecule has 0 aromatic heterocycles. The van der Waals surface area contributed by atoms with E-state index in [0.717, 1.165) is 16.9 Å². The lowest BCUT2D eigenvalue weighted by molar-refractivity contribution is 0.397. The monoisotopic (exact) mass is 269 g/mol. The molecular weight excluding hydrogens is 258 g/mol. The summed E-state index contributed by atoms with van der Waals surface area (Å²) in [5.41, 5.74) is 1.76. The molecule has 0 saturated carbocycles. The number of rotatable bonds is 3. The number of ether oxygens (including phenoxy) is 2. The molecule has 1 aromatic carbocycles. The van der Waals surface area contributed by atoms with Gasteiger partial charge in [0.05, 0.1) is 20.3 Å². The molecule has 3 nitrogen and oxygen atoms in total. The van der Waals surface area contributed by atoms with Crippen molar-refractivity contribution in [3.05, 3.63) is 23.3 Å². The highest BCUT2D eigenvalue weighted by Crippen LogP contribution is 2.35. The van der Waals surface area contributed by atoms with Crippen LogP contribution in [-0.4, -0.2) is 14.2 Å². The van der Waals surface area contributed by atoms with Crippen LogP contribution in [-0.2, 0) is 0 Å². The molecule has 0 heterocycles. The van der Waals surface area contributed by atoms with Crippen molar-refractivity contribution in [1.82, 2.24) is 0 Å². The molecule has 1 unspecified atom stereocenters. The Morgan fingerprint density at radius 1 is 1.27 bits per heavy atom. The van der Waals surface area contributed by atoms with Crippen molar-refractivity contribution in [2.45, 2.75) is 11.8 Å². The summed E-state index contributed by atoms with van der Waals surface area (Å²) >= 11 is 3.27. The van der Waals surface area contributed by atoms with Gasteiger partial charge in [-0.2, -0.15) is 5.26 Å². The molecular formula is C11H12BrNO2. The molecule has 1 atom stereocenters. The third-order valence-electron chi connectivity index (χ3n) is 2.13. The molecule has 0 aliphatic rings. The van der Waals surface area contributed by atoms with Gasteiger partial charge in [-0.3, -0.25) is 0 Å². The number of alkyl halides is 1. The molecule has 0 fully saturated rings. The minimum atomic E-state index is -0.387. The number of aryl methyl sites for hydroxylation is 1. The van der Waals surface area contributed by atoms with Gasteiger partial charge in [-0.25, -0.2) is 0 Å². The van der Waals surface area contributed by atoms with E-state index in [9.17, 15) is 0 Å². The van der Waals surface area contributed by atoms with Crippen molar-refractivity contribution in [1.29, 1.82) is 5.26 Å². The lowest BCUT2D eigenvalue weighted by Crippen LogP contribution is -1.97. The maximum atomic E-state index is 8.85. The van der Waals surface area contributed by atoms with Crippen molar-refractivity contribution >= 4 is 15.9 Å². The third-order valence-corrected chi connectivity index (χ3v) is 2.83. The molecule has 0 bridgehead atoms. The van der Waals surface area contributed by atoms with Crippen molar-refractivity contribution in [3.8, 4) is 17.6 Å². The SMILES string of the molecule is COc1cc(C(Br)C#N)c(OC)cc1C. The van der Waals surface area contributed by atoms with E-state index in [4.69, 9.17) is 14.7 Å². The minimum Gasteiger partial charge on any atom is -0.496 e. The first kappa shape index (κ1) is 11.9. The van der Waals surface area contributed by atoms with Crippen LogP contribution in [0.15, 0.2) is 12.1 Å². The molecule has 0 saturated heterocycles. The summed E-state index contributed by atoms with van der Waals surface area (Å²) in [5, 5.41) is 8.85. The van der Waals surface area contributed by atoms with Crippen LogP contribution >= 0.6 is 15.9 Å². The Labute approximate surface area is 97.7 Å². The van der Waals surface area contributed by atoms with E-state index >= 15 is 0 Å². The summed E-state index contributed by atoms with van der Waals surface area (Å²) in [4.78, 5) is -0.387. The molecule has 1 aromatic rings. The Bertz CT molecular complexity index is 398. The van der Waals surface area contributed by atoms with E-state index in [1.54, 1.807) is 14.2 Å². The van der Waals surface area contributed by atoms with Crippen LogP contribution in [0, 0.1) is 18.3 Å². The zero-order valence-corrected chi connectivity index (χ0v) is 10.5. The van der Waals surface area contributed by atoms with Gasteiger partial charge < -0.3 is 9.47 Å². The maximum absolute atomic E-state index is 8.85. The van der Waals surface area contributed by atoms with Crippen molar-refractivity contribution in [2.24, 2.45) is 0 Å². The normalized spacial score (nSPS) is 11.7. The number of nitriles is 1. The second kappa shape index (κ2) is 5.04. The molecule has 15 heavy (non-hydrogen) atoms. The maximum Gasteiger partial charge on any atom is 0.130 e. The molecule has 4 heteroatoms. The molecule has 1 rings (SSSR count). The van der Waals surface area contributed by atoms with Crippen molar-refractivity contribution < 1.29 is 9.47 Å². The first-order valence-electron chi connectivity index (χ1n) is 4.40. The summed E-state index contributed by atoms with van der Waals surface area (Å²) in [6.07, 6.45) is 0. The number of hydrogen-bond donors (Lipinski definition) is 0. The Morgan fingerprint density at radius 3 is 2.33 bits per heavy atom. The molecule has 0 radical (unpaired) electrons. The molecule has 0 aliphatic carbocycles. The van der Waals surface area contributed by atoms with Crippen molar-refractivity contribution in [3.63, 3.8) is 0 Å². The van der Waals surface area contributed by atoms with E-state index < -0.39 is 0 Å². The van der Waals surface area contributed by atoms with Gasteiger partial charge in [0.15, 0.2) is 0 Å². The number of benzene rings is 1. The number of nitrogens with zero attached hydrogens (tertiary/aromatic N) is 1. The van der Waals surface area contributed by atoms with E-state index in [2.05, 4.69) is 22.0 Å². The van der Waals surface area contributed by atoms with E-state index in [1.165, 1.54) is 0 Å². The van der Waals surface area contributed by atoms with Gasteiger partial charge in [0.2, 0.25) is 0 Å². The van der Waals surface area contributed by atoms with Crippen LogP contribution in [0.25, 0.3) is 0 Å². The fourth-order valence-corrected chi connectivity index (χ4v) is 1.70. The average molecular weight is 270 g/mol. The smallest absolute Gasteiger partial charge is 0.130 e. The van der Waals surface area contributed by atoms with Crippen LogP contribution in [0.2, 0.25) is 0 Å². The number of hydrogen-bond acceptors (Lipinski definition) is 3. The topological polar surface area (TPSA) is 42.2 Å². The van der Waals surface area contributed by atoms with Gasteiger partial charge >= 0.3 is 0 Å². The summed E-state index contributed by atoms with van der Waals surface area (Å²) in [5.74, 6) is 1.45. The summed E-state index contributed by atoms with van der Waals surface area (Å²) in [6, 6.07) is 5.78. The first-order valence-corrected chi connectivity index (χ1v) is 5.31. The Kier molecular flexibility index (Phi) is 3.98. The average Bonchev–Trinajstić information content (AvgIpc) is 2.27. The number of methoxy groups -OCH3 is 2. The Morgan fingerprint density at radius 2 is 1.87 bits per heavy atom. The fourth-order valence-electron chi connectivity index (χ4n) is 1.34. The lowest BCUT2D eigenvalue weighted by Gasteiger charge is -2.13. The molecule has 0 N–H and O–H groups in total. The lowest BCUT2D eigenvalue weighted by atomic mass is 10.1. The minimum absolute atomic E-state index is 0.387. The van der Waals surface area contributed by atoms with Crippen LogP contribution in [0.1, 0.15) is 16.0 Å².